The zero-order valence-corrected chi connectivity index (χ0v) is 7.20. The highest BCUT2D eigenvalue weighted by atomic mass is 16.4. The molecule has 1 amide bonds. The summed E-state index contributed by atoms with van der Waals surface area (Å²) in [7, 11) is 0. The molecule has 5 nitrogen and oxygen atoms in total. The standard InChI is InChI=1S/C7H14N2O3/c1-3-5(2)6(7(11)12)9-8-4-10/h4-6,9H,3H2,1-2H3,(H,8,10)(H,11,12)/t5?,6-/m0/s1. The topological polar surface area (TPSA) is 78.4 Å². The van der Waals surface area contributed by atoms with Crippen molar-refractivity contribution >= 4 is 12.4 Å². The highest BCUT2D eigenvalue weighted by molar-refractivity contribution is 5.74. The first-order valence-corrected chi connectivity index (χ1v) is 3.81. The van der Waals surface area contributed by atoms with Crippen LogP contribution < -0.4 is 10.9 Å². The van der Waals surface area contributed by atoms with Crippen molar-refractivity contribution in [3.8, 4) is 0 Å². The van der Waals surface area contributed by atoms with E-state index in [0.29, 0.717) is 6.41 Å². The van der Waals surface area contributed by atoms with E-state index in [0.717, 1.165) is 6.42 Å². The maximum Gasteiger partial charge on any atom is 0.322 e. The molecule has 5 heteroatoms. The summed E-state index contributed by atoms with van der Waals surface area (Å²) < 4.78 is 0. The van der Waals surface area contributed by atoms with E-state index in [1.165, 1.54) is 0 Å². The Hall–Kier alpha value is -1.10. The number of carboxylic acid groups (broad SMARTS) is 1. The number of nitrogens with one attached hydrogen (secondary N) is 2. The van der Waals surface area contributed by atoms with Gasteiger partial charge in [-0.25, -0.2) is 5.43 Å². The van der Waals surface area contributed by atoms with Crippen molar-refractivity contribution in [2.45, 2.75) is 26.3 Å². The fourth-order valence-electron chi connectivity index (χ4n) is 0.807. The molecule has 0 aromatic heterocycles. The molecule has 2 atom stereocenters. The lowest BCUT2D eigenvalue weighted by atomic mass is 10.0. The first-order valence-electron chi connectivity index (χ1n) is 3.81. The van der Waals surface area contributed by atoms with Gasteiger partial charge in [-0.3, -0.25) is 15.0 Å². The number of carbonyl (C=O) groups is 2. The van der Waals surface area contributed by atoms with Crippen molar-refractivity contribution in [3.63, 3.8) is 0 Å². The number of hydrazine groups is 1. The van der Waals surface area contributed by atoms with E-state index in [2.05, 4.69) is 10.9 Å². The maximum absolute atomic E-state index is 10.6. The van der Waals surface area contributed by atoms with Gasteiger partial charge in [0, 0.05) is 0 Å². The molecule has 0 heterocycles. The van der Waals surface area contributed by atoms with Crippen LogP contribution in [-0.2, 0) is 9.59 Å². The second kappa shape index (κ2) is 5.54. The Labute approximate surface area is 71.1 Å². The number of carbonyl (C=O) groups excluding carboxylic acids is 1. The number of carboxylic acids is 1. The van der Waals surface area contributed by atoms with E-state index in [1.807, 2.05) is 6.92 Å². The zero-order valence-electron chi connectivity index (χ0n) is 7.20. The molecule has 0 fully saturated rings. The van der Waals surface area contributed by atoms with E-state index in [1.54, 1.807) is 6.92 Å². The van der Waals surface area contributed by atoms with Crippen LogP contribution >= 0.6 is 0 Å². The first kappa shape index (κ1) is 10.9. The third kappa shape index (κ3) is 3.34. The van der Waals surface area contributed by atoms with Crippen LogP contribution in [0.15, 0.2) is 0 Å². The predicted octanol–water partition coefficient (Wildman–Crippen LogP) is -0.264. The molecule has 70 valence electrons. The van der Waals surface area contributed by atoms with E-state index in [-0.39, 0.29) is 5.92 Å². The lowest BCUT2D eigenvalue weighted by Crippen LogP contribution is -2.48. The normalized spacial score (nSPS) is 14.8. The summed E-state index contributed by atoms with van der Waals surface area (Å²) in [4.78, 5) is 20.5. The fraction of sp³-hybridized carbons (Fsp3) is 0.714. The van der Waals surface area contributed by atoms with Crippen LogP contribution in [0.1, 0.15) is 20.3 Å². The third-order valence-electron chi connectivity index (χ3n) is 1.78. The molecule has 0 aromatic rings. The predicted molar refractivity (Wildman–Crippen MR) is 43.2 cm³/mol. The van der Waals surface area contributed by atoms with Gasteiger partial charge in [-0.15, -0.1) is 0 Å². The second-order valence-corrected chi connectivity index (χ2v) is 2.61. The largest absolute Gasteiger partial charge is 0.480 e. The van der Waals surface area contributed by atoms with Gasteiger partial charge in [-0.05, 0) is 5.92 Å². The van der Waals surface area contributed by atoms with E-state index in [4.69, 9.17) is 5.11 Å². The van der Waals surface area contributed by atoms with Gasteiger partial charge < -0.3 is 5.11 Å². The Bertz CT molecular complexity index is 161. The average Bonchev–Trinajstić information content (AvgIpc) is 2.04. The monoisotopic (exact) mass is 174 g/mol. The third-order valence-corrected chi connectivity index (χ3v) is 1.78. The molecule has 0 rings (SSSR count). The molecule has 1 unspecified atom stereocenters. The van der Waals surface area contributed by atoms with Crippen molar-refractivity contribution in [1.29, 1.82) is 0 Å². The van der Waals surface area contributed by atoms with Gasteiger partial charge in [0.2, 0.25) is 6.41 Å². The van der Waals surface area contributed by atoms with Gasteiger partial charge in [-0.1, -0.05) is 20.3 Å². The van der Waals surface area contributed by atoms with Gasteiger partial charge in [-0.2, -0.15) is 0 Å². The van der Waals surface area contributed by atoms with Crippen LogP contribution in [0.2, 0.25) is 0 Å². The number of hydrogen-bond donors (Lipinski definition) is 3. The summed E-state index contributed by atoms with van der Waals surface area (Å²) in [5.41, 5.74) is 4.54. The smallest absolute Gasteiger partial charge is 0.322 e. The zero-order chi connectivity index (χ0) is 9.56. The van der Waals surface area contributed by atoms with Crippen LogP contribution in [0.25, 0.3) is 0 Å². The average molecular weight is 174 g/mol. The summed E-state index contributed by atoms with van der Waals surface area (Å²) >= 11 is 0. The van der Waals surface area contributed by atoms with Crippen LogP contribution in [0.5, 0.6) is 0 Å². The van der Waals surface area contributed by atoms with Gasteiger partial charge >= 0.3 is 5.97 Å². The fourth-order valence-corrected chi connectivity index (χ4v) is 0.807. The van der Waals surface area contributed by atoms with Crippen LogP contribution in [-0.4, -0.2) is 23.5 Å². The highest BCUT2D eigenvalue weighted by Gasteiger charge is 2.22. The van der Waals surface area contributed by atoms with Crippen LogP contribution in [0.3, 0.4) is 0 Å². The number of rotatable bonds is 6. The molecule has 0 aliphatic rings. The highest BCUT2D eigenvalue weighted by Crippen LogP contribution is 2.06. The lowest BCUT2D eigenvalue weighted by Gasteiger charge is -2.18. The van der Waals surface area contributed by atoms with Gasteiger partial charge in [0.05, 0.1) is 0 Å². The molecular formula is C7H14N2O3. The molecular weight excluding hydrogens is 160 g/mol. The SMILES string of the molecule is CCC(C)[C@H](NNC=O)C(=O)O. The number of amides is 1. The Kier molecular flexibility index (Phi) is 5.03. The van der Waals surface area contributed by atoms with Gasteiger partial charge in [0.25, 0.3) is 0 Å². The molecule has 0 bridgehead atoms. The van der Waals surface area contributed by atoms with Gasteiger partial charge in [0.1, 0.15) is 6.04 Å². The maximum atomic E-state index is 10.6. The Morgan fingerprint density at radius 3 is 2.58 bits per heavy atom. The van der Waals surface area contributed by atoms with E-state index < -0.39 is 12.0 Å². The summed E-state index contributed by atoms with van der Waals surface area (Å²) in [5.74, 6) is -0.978. The minimum Gasteiger partial charge on any atom is -0.480 e. The Morgan fingerprint density at radius 2 is 2.25 bits per heavy atom. The Balaban J connectivity index is 4.02. The van der Waals surface area contributed by atoms with Crippen LogP contribution in [0, 0.1) is 5.92 Å². The summed E-state index contributed by atoms with van der Waals surface area (Å²) in [5, 5.41) is 8.68. The van der Waals surface area contributed by atoms with Crippen molar-refractivity contribution in [3.05, 3.63) is 0 Å². The molecule has 0 spiro atoms. The van der Waals surface area contributed by atoms with Crippen LogP contribution in [0.4, 0.5) is 0 Å². The molecule has 12 heavy (non-hydrogen) atoms. The minimum atomic E-state index is -0.960. The van der Waals surface area contributed by atoms with E-state index >= 15 is 0 Å². The van der Waals surface area contributed by atoms with Crippen molar-refractivity contribution in [2.24, 2.45) is 5.92 Å². The number of hydrogen-bond acceptors (Lipinski definition) is 3. The summed E-state index contributed by atoms with van der Waals surface area (Å²) in [6, 6.07) is -0.722. The minimum absolute atomic E-state index is 0.0186. The lowest BCUT2D eigenvalue weighted by molar-refractivity contribution is -0.141. The van der Waals surface area contributed by atoms with E-state index in [9.17, 15) is 9.59 Å². The van der Waals surface area contributed by atoms with Crippen molar-refractivity contribution in [1.82, 2.24) is 10.9 Å². The molecule has 0 radical (unpaired) electrons. The summed E-state index contributed by atoms with van der Waals surface area (Å²) in [6.45, 7) is 3.70. The van der Waals surface area contributed by atoms with Crippen molar-refractivity contribution in [2.75, 3.05) is 0 Å². The number of aliphatic carboxylic acids is 1. The first-order chi connectivity index (χ1) is 5.63. The van der Waals surface area contributed by atoms with Crippen molar-refractivity contribution < 1.29 is 14.7 Å². The quantitative estimate of drug-likeness (QED) is 0.383. The molecule has 3 N–H and O–H groups in total. The molecule has 0 aromatic carbocycles. The van der Waals surface area contributed by atoms with Gasteiger partial charge in [0.15, 0.2) is 0 Å². The molecule has 0 saturated heterocycles. The Morgan fingerprint density at radius 1 is 1.67 bits per heavy atom. The molecule has 0 saturated carbocycles. The second-order valence-electron chi connectivity index (χ2n) is 2.61. The summed E-state index contributed by atoms with van der Waals surface area (Å²) in [6.07, 6.45) is 1.16. The molecule has 0 aliphatic carbocycles. The molecule has 0 aliphatic heterocycles.